The second-order valence-corrected chi connectivity index (χ2v) is 7.47. The number of amides is 1. The maximum absolute atomic E-state index is 12.5. The van der Waals surface area contributed by atoms with E-state index in [2.05, 4.69) is 10.4 Å². The molecule has 1 aliphatic rings. The fraction of sp³-hybridized carbons (Fsp3) is 0.333. The zero-order chi connectivity index (χ0) is 17.4. The first-order chi connectivity index (χ1) is 12.1. The molecule has 1 unspecified atom stereocenters. The lowest BCUT2D eigenvalue weighted by molar-refractivity contribution is -0.123. The van der Waals surface area contributed by atoms with Crippen molar-refractivity contribution in [3.8, 4) is 0 Å². The summed E-state index contributed by atoms with van der Waals surface area (Å²) in [6.45, 7) is -0.0509. The van der Waals surface area contributed by atoms with E-state index in [-0.39, 0.29) is 36.1 Å². The molecule has 1 fully saturated rings. The molecule has 0 aliphatic heterocycles. The van der Waals surface area contributed by atoms with Gasteiger partial charge in [-0.05, 0) is 42.3 Å². The van der Waals surface area contributed by atoms with Gasteiger partial charge in [0.2, 0.25) is 5.91 Å². The van der Waals surface area contributed by atoms with Gasteiger partial charge in [-0.15, -0.1) is 11.3 Å². The van der Waals surface area contributed by atoms with Crippen LogP contribution in [0.1, 0.15) is 23.8 Å². The van der Waals surface area contributed by atoms with Gasteiger partial charge in [-0.2, -0.15) is 0 Å². The van der Waals surface area contributed by atoms with Gasteiger partial charge in [-0.1, -0.05) is 18.2 Å². The minimum atomic E-state index is -0.277. The first-order valence-electron chi connectivity index (χ1n) is 8.30. The first-order valence-corrected chi connectivity index (χ1v) is 9.18. The number of fused-ring (bicyclic) bond motifs is 1. The predicted octanol–water partition coefficient (Wildman–Crippen LogP) is 2.02. The van der Waals surface area contributed by atoms with Crippen LogP contribution in [0.3, 0.4) is 0 Å². The van der Waals surface area contributed by atoms with E-state index in [4.69, 9.17) is 0 Å². The number of aromatic amines is 1. The molecule has 25 heavy (non-hydrogen) atoms. The molecule has 1 atom stereocenters. The quantitative estimate of drug-likeness (QED) is 0.653. The van der Waals surface area contributed by atoms with E-state index in [0.29, 0.717) is 18.2 Å². The van der Waals surface area contributed by atoms with Crippen LogP contribution >= 0.6 is 11.3 Å². The summed E-state index contributed by atoms with van der Waals surface area (Å²) in [6, 6.07) is 11.0. The standard InChI is InChI=1S/C18H19N3O3S/c22-12-8-11(9-12)17(15-6-3-7-25-15)19-16(23)10-21-18(24)13-4-1-2-5-14(13)20-21/h1-7,11-12,17,20,22H,8-10H2,(H,19,23). The van der Waals surface area contributed by atoms with Crippen molar-refractivity contribution in [2.45, 2.75) is 31.5 Å². The number of H-pyrrole nitrogens is 1. The highest BCUT2D eigenvalue weighted by Crippen LogP contribution is 2.39. The molecule has 130 valence electrons. The zero-order valence-corrected chi connectivity index (χ0v) is 14.3. The van der Waals surface area contributed by atoms with Gasteiger partial charge in [-0.3, -0.25) is 14.7 Å². The number of carbonyl (C=O) groups excluding carboxylic acids is 1. The van der Waals surface area contributed by atoms with Crippen molar-refractivity contribution >= 4 is 28.1 Å². The summed E-state index contributed by atoms with van der Waals surface area (Å²) >= 11 is 1.59. The van der Waals surface area contributed by atoms with E-state index in [9.17, 15) is 14.7 Å². The number of hydrogen-bond donors (Lipinski definition) is 3. The van der Waals surface area contributed by atoms with Crippen molar-refractivity contribution in [3.63, 3.8) is 0 Å². The molecule has 7 heteroatoms. The Kier molecular flexibility index (Phi) is 4.19. The highest BCUT2D eigenvalue weighted by molar-refractivity contribution is 7.10. The van der Waals surface area contributed by atoms with Crippen LogP contribution in [0.15, 0.2) is 46.6 Å². The Morgan fingerprint density at radius 2 is 2.12 bits per heavy atom. The molecular formula is C18H19N3O3S. The maximum atomic E-state index is 12.5. The molecule has 0 saturated heterocycles. The lowest BCUT2D eigenvalue weighted by atomic mass is 9.77. The van der Waals surface area contributed by atoms with Gasteiger partial charge < -0.3 is 10.4 Å². The number of nitrogens with zero attached hydrogens (tertiary/aromatic N) is 1. The van der Waals surface area contributed by atoms with E-state index in [0.717, 1.165) is 10.4 Å². The third kappa shape index (κ3) is 3.12. The summed E-state index contributed by atoms with van der Waals surface area (Å²) in [7, 11) is 0. The average molecular weight is 357 g/mol. The molecule has 3 N–H and O–H groups in total. The van der Waals surface area contributed by atoms with Crippen molar-refractivity contribution < 1.29 is 9.90 Å². The number of aliphatic hydroxyl groups excluding tert-OH is 1. The van der Waals surface area contributed by atoms with Gasteiger partial charge >= 0.3 is 0 Å². The van der Waals surface area contributed by atoms with Crippen LogP contribution in [0.5, 0.6) is 0 Å². The Labute approximate surface area is 148 Å². The smallest absolute Gasteiger partial charge is 0.274 e. The van der Waals surface area contributed by atoms with Gasteiger partial charge in [-0.25, -0.2) is 4.68 Å². The van der Waals surface area contributed by atoms with Gasteiger partial charge in [0, 0.05) is 4.88 Å². The number of para-hydroxylation sites is 1. The van der Waals surface area contributed by atoms with E-state index >= 15 is 0 Å². The monoisotopic (exact) mass is 357 g/mol. The number of aliphatic hydroxyl groups is 1. The summed E-state index contributed by atoms with van der Waals surface area (Å²) < 4.78 is 1.33. The highest BCUT2D eigenvalue weighted by atomic mass is 32.1. The summed E-state index contributed by atoms with van der Waals surface area (Å²) in [5.41, 5.74) is 0.523. The lowest BCUT2D eigenvalue weighted by Crippen LogP contribution is -2.42. The van der Waals surface area contributed by atoms with Crippen molar-refractivity contribution in [2.24, 2.45) is 5.92 Å². The third-order valence-corrected chi connectivity index (χ3v) is 5.70. The van der Waals surface area contributed by atoms with Crippen LogP contribution in [0, 0.1) is 5.92 Å². The maximum Gasteiger partial charge on any atom is 0.274 e. The Balaban J connectivity index is 1.51. The van der Waals surface area contributed by atoms with Crippen LogP contribution in [0.4, 0.5) is 0 Å². The van der Waals surface area contributed by atoms with Crippen molar-refractivity contribution in [1.29, 1.82) is 0 Å². The highest BCUT2D eigenvalue weighted by Gasteiger charge is 2.36. The number of benzene rings is 1. The second kappa shape index (κ2) is 6.50. The molecule has 0 bridgehead atoms. The van der Waals surface area contributed by atoms with E-state index in [1.807, 2.05) is 29.6 Å². The third-order valence-electron chi connectivity index (χ3n) is 4.75. The van der Waals surface area contributed by atoms with Crippen molar-refractivity contribution in [3.05, 3.63) is 57.0 Å². The predicted molar refractivity (Wildman–Crippen MR) is 96.5 cm³/mol. The molecule has 4 rings (SSSR count). The van der Waals surface area contributed by atoms with Crippen LogP contribution in [-0.4, -0.2) is 26.9 Å². The number of nitrogens with one attached hydrogen (secondary N) is 2. The Bertz CT molecular complexity index is 938. The molecule has 2 aromatic heterocycles. The van der Waals surface area contributed by atoms with Gasteiger partial charge in [0.25, 0.3) is 5.56 Å². The number of rotatable bonds is 5. The number of aromatic nitrogens is 2. The fourth-order valence-corrected chi connectivity index (χ4v) is 4.24. The van der Waals surface area contributed by atoms with Gasteiger partial charge in [0.1, 0.15) is 6.54 Å². The zero-order valence-electron chi connectivity index (χ0n) is 13.5. The minimum absolute atomic E-state index is 0.0509. The summed E-state index contributed by atoms with van der Waals surface area (Å²) in [4.78, 5) is 25.9. The summed E-state index contributed by atoms with van der Waals surface area (Å²) in [5, 5.41) is 18.2. The second-order valence-electron chi connectivity index (χ2n) is 6.49. The Morgan fingerprint density at radius 3 is 2.80 bits per heavy atom. The molecule has 0 spiro atoms. The largest absolute Gasteiger partial charge is 0.393 e. The minimum Gasteiger partial charge on any atom is -0.393 e. The Hall–Kier alpha value is -2.38. The molecule has 3 aromatic rings. The summed E-state index contributed by atoms with van der Waals surface area (Å²) in [5.74, 6) is 0.0190. The van der Waals surface area contributed by atoms with Crippen LogP contribution in [0.25, 0.3) is 10.9 Å². The van der Waals surface area contributed by atoms with Crippen LogP contribution < -0.4 is 10.9 Å². The fourth-order valence-electron chi connectivity index (χ4n) is 3.37. The molecule has 1 amide bonds. The van der Waals surface area contributed by atoms with E-state index < -0.39 is 0 Å². The molecule has 1 aliphatic carbocycles. The van der Waals surface area contributed by atoms with Crippen molar-refractivity contribution in [1.82, 2.24) is 15.1 Å². The van der Waals surface area contributed by atoms with Gasteiger partial charge in [0.05, 0.1) is 23.0 Å². The number of hydrogen-bond acceptors (Lipinski definition) is 4. The SMILES string of the molecule is O=C(Cn1[nH]c2ccccc2c1=O)NC(c1cccs1)C1CC(O)C1. The van der Waals surface area contributed by atoms with Gasteiger partial charge in [0.15, 0.2) is 0 Å². The van der Waals surface area contributed by atoms with E-state index in [1.165, 1.54) is 4.68 Å². The van der Waals surface area contributed by atoms with Crippen LogP contribution in [0.2, 0.25) is 0 Å². The normalized spacial score (nSPS) is 21.0. The number of thiophene rings is 1. The topological polar surface area (TPSA) is 87.1 Å². The molecule has 2 heterocycles. The Morgan fingerprint density at radius 1 is 1.32 bits per heavy atom. The molecule has 0 radical (unpaired) electrons. The average Bonchev–Trinajstić information content (AvgIpc) is 3.20. The first kappa shape index (κ1) is 16.1. The number of carbonyl (C=O) groups is 1. The molecule has 1 aromatic carbocycles. The molecule has 1 saturated carbocycles. The molecule has 6 nitrogen and oxygen atoms in total. The van der Waals surface area contributed by atoms with E-state index in [1.54, 1.807) is 23.5 Å². The molecular weight excluding hydrogens is 338 g/mol. The van der Waals surface area contributed by atoms with Crippen molar-refractivity contribution in [2.75, 3.05) is 0 Å². The summed E-state index contributed by atoms with van der Waals surface area (Å²) in [6.07, 6.45) is 1.10. The van der Waals surface area contributed by atoms with Crippen LogP contribution in [-0.2, 0) is 11.3 Å². The lowest BCUT2D eigenvalue weighted by Gasteiger charge is -2.37.